The van der Waals surface area contributed by atoms with Crippen LogP contribution in [0.4, 0.5) is 4.39 Å². The highest BCUT2D eigenvalue weighted by Gasteiger charge is 2.22. The first-order valence-corrected chi connectivity index (χ1v) is 6.19. The number of carbonyl (C=O) groups is 1. The Labute approximate surface area is 108 Å². The molecule has 0 saturated heterocycles. The number of halogens is 1. The van der Waals surface area contributed by atoms with Gasteiger partial charge in [-0.3, -0.25) is 4.79 Å². The highest BCUT2D eigenvalue weighted by Crippen LogP contribution is 2.22. The van der Waals surface area contributed by atoms with E-state index in [0.29, 0.717) is 12.3 Å². The quantitative estimate of drug-likeness (QED) is 0.807. The van der Waals surface area contributed by atoms with Crippen LogP contribution in [0.5, 0.6) is 5.75 Å². The van der Waals surface area contributed by atoms with E-state index in [0.717, 1.165) is 6.42 Å². The van der Waals surface area contributed by atoms with Crippen molar-refractivity contribution < 1.29 is 13.9 Å². The van der Waals surface area contributed by atoms with Gasteiger partial charge >= 0.3 is 0 Å². The number of nitrogens with zero attached hydrogens (tertiary/aromatic N) is 1. The third-order valence-corrected chi connectivity index (χ3v) is 3.12. The third kappa shape index (κ3) is 3.00. The lowest BCUT2D eigenvalue weighted by Gasteiger charge is -2.27. The second-order valence-corrected chi connectivity index (χ2v) is 4.19. The van der Waals surface area contributed by atoms with Crippen LogP contribution in [-0.2, 0) is 0 Å². The van der Waals surface area contributed by atoms with Crippen molar-refractivity contribution in [1.82, 2.24) is 4.90 Å². The number of hydrogen-bond donors (Lipinski definition) is 0. The standard InChI is InChI=1S/C14H20FNO2/c1-5-10(3)16(6-2)14(17)12-9-11(15)7-8-13(12)18-4/h7-10H,5-6H2,1-4H3. The molecule has 0 bridgehead atoms. The molecule has 0 heterocycles. The molecule has 0 fully saturated rings. The smallest absolute Gasteiger partial charge is 0.257 e. The fraction of sp³-hybridized carbons (Fsp3) is 0.500. The van der Waals surface area contributed by atoms with Crippen LogP contribution in [0.15, 0.2) is 18.2 Å². The summed E-state index contributed by atoms with van der Waals surface area (Å²) in [7, 11) is 1.48. The molecule has 0 saturated carbocycles. The zero-order valence-electron chi connectivity index (χ0n) is 11.4. The Balaban J connectivity index is 3.11. The molecule has 1 aromatic rings. The van der Waals surface area contributed by atoms with Gasteiger partial charge in [0, 0.05) is 12.6 Å². The normalized spacial score (nSPS) is 12.1. The summed E-state index contributed by atoms with van der Waals surface area (Å²) >= 11 is 0. The van der Waals surface area contributed by atoms with Gasteiger partial charge in [-0.1, -0.05) is 6.92 Å². The molecular formula is C14H20FNO2. The van der Waals surface area contributed by atoms with Crippen LogP contribution in [0.3, 0.4) is 0 Å². The second kappa shape index (κ2) is 6.38. The van der Waals surface area contributed by atoms with Crippen molar-refractivity contribution in [2.75, 3.05) is 13.7 Å². The summed E-state index contributed by atoms with van der Waals surface area (Å²) in [5.74, 6) is -0.217. The first-order valence-electron chi connectivity index (χ1n) is 6.19. The molecule has 0 aromatic heterocycles. The summed E-state index contributed by atoms with van der Waals surface area (Å²) in [5.41, 5.74) is 0.277. The lowest BCUT2D eigenvalue weighted by Crippen LogP contribution is -2.38. The van der Waals surface area contributed by atoms with Crippen molar-refractivity contribution in [3.8, 4) is 5.75 Å². The van der Waals surface area contributed by atoms with E-state index < -0.39 is 5.82 Å². The minimum Gasteiger partial charge on any atom is -0.496 e. The van der Waals surface area contributed by atoms with Gasteiger partial charge in [-0.25, -0.2) is 4.39 Å². The van der Waals surface area contributed by atoms with Gasteiger partial charge in [0.1, 0.15) is 11.6 Å². The predicted molar refractivity (Wildman–Crippen MR) is 69.4 cm³/mol. The summed E-state index contributed by atoms with van der Waals surface area (Å²) in [6.07, 6.45) is 0.858. The summed E-state index contributed by atoms with van der Waals surface area (Å²) in [5, 5.41) is 0. The van der Waals surface area contributed by atoms with Crippen LogP contribution in [0.25, 0.3) is 0 Å². The Morgan fingerprint density at radius 3 is 2.61 bits per heavy atom. The van der Waals surface area contributed by atoms with Gasteiger partial charge in [0.2, 0.25) is 0 Å². The molecule has 4 heteroatoms. The second-order valence-electron chi connectivity index (χ2n) is 4.19. The molecule has 1 rings (SSSR count). The largest absolute Gasteiger partial charge is 0.496 e. The fourth-order valence-corrected chi connectivity index (χ4v) is 1.88. The third-order valence-electron chi connectivity index (χ3n) is 3.12. The Kier molecular flexibility index (Phi) is 5.13. The maximum Gasteiger partial charge on any atom is 0.257 e. The molecule has 1 unspecified atom stereocenters. The topological polar surface area (TPSA) is 29.5 Å². The van der Waals surface area contributed by atoms with Crippen LogP contribution in [0.1, 0.15) is 37.6 Å². The number of amides is 1. The molecule has 3 nitrogen and oxygen atoms in total. The number of ether oxygens (including phenoxy) is 1. The van der Waals surface area contributed by atoms with Gasteiger partial charge < -0.3 is 9.64 Å². The Hall–Kier alpha value is -1.58. The van der Waals surface area contributed by atoms with E-state index in [1.165, 1.54) is 25.3 Å². The monoisotopic (exact) mass is 253 g/mol. The minimum atomic E-state index is -0.431. The average molecular weight is 253 g/mol. The number of methoxy groups -OCH3 is 1. The van der Waals surface area contributed by atoms with Gasteiger partial charge in [-0.2, -0.15) is 0 Å². The van der Waals surface area contributed by atoms with E-state index in [1.807, 2.05) is 20.8 Å². The predicted octanol–water partition coefficient (Wildman–Crippen LogP) is 3.09. The van der Waals surface area contributed by atoms with Crippen molar-refractivity contribution >= 4 is 5.91 Å². The van der Waals surface area contributed by atoms with E-state index in [4.69, 9.17) is 4.74 Å². The van der Waals surface area contributed by atoms with Crippen molar-refractivity contribution in [3.05, 3.63) is 29.6 Å². The number of hydrogen-bond acceptors (Lipinski definition) is 2. The maximum atomic E-state index is 13.3. The molecule has 0 spiro atoms. The van der Waals surface area contributed by atoms with Gasteiger partial charge in [0.15, 0.2) is 0 Å². The molecule has 18 heavy (non-hydrogen) atoms. The summed E-state index contributed by atoms with van der Waals surface area (Å²) in [6.45, 7) is 6.50. The van der Waals surface area contributed by atoms with E-state index in [9.17, 15) is 9.18 Å². The molecule has 0 N–H and O–H groups in total. The molecule has 1 atom stereocenters. The van der Waals surface area contributed by atoms with Crippen molar-refractivity contribution in [2.24, 2.45) is 0 Å². The molecular weight excluding hydrogens is 233 g/mol. The number of benzene rings is 1. The van der Waals surface area contributed by atoms with Crippen LogP contribution >= 0.6 is 0 Å². The van der Waals surface area contributed by atoms with E-state index >= 15 is 0 Å². The van der Waals surface area contributed by atoms with Crippen LogP contribution in [0.2, 0.25) is 0 Å². The molecule has 1 amide bonds. The number of carbonyl (C=O) groups excluding carboxylic acids is 1. The maximum absolute atomic E-state index is 13.3. The van der Waals surface area contributed by atoms with E-state index in [-0.39, 0.29) is 17.5 Å². The van der Waals surface area contributed by atoms with Gasteiger partial charge in [0.25, 0.3) is 5.91 Å². The Bertz CT molecular complexity index is 420. The molecule has 0 radical (unpaired) electrons. The van der Waals surface area contributed by atoms with Gasteiger partial charge in [0.05, 0.1) is 12.7 Å². The Morgan fingerprint density at radius 1 is 1.44 bits per heavy atom. The Morgan fingerprint density at radius 2 is 2.11 bits per heavy atom. The zero-order valence-corrected chi connectivity index (χ0v) is 11.4. The minimum absolute atomic E-state index is 0.121. The molecule has 0 aliphatic heterocycles. The first-order chi connectivity index (χ1) is 8.54. The van der Waals surface area contributed by atoms with Gasteiger partial charge in [-0.15, -0.1) is 0 Å². The van der Waals surface area contributed by atoms with Crippen molar-refractivity contribution in [2.45, 2.75) is 33.2 Å². The average Bonchev–Trinajstić information content (AvgIpc) is 2.39. The zero-order chi connectivity index (χ0) is 13.7. The van der Waals surface area contributed by atoms with Crippen LogP contribution in [-0.4, -0.2) is 30.5 Å². The summed E-state index contributed by atoms with van der Waals surface area (Å²) in [6, 6.07) is 4.12. The van der Waals surface area contributed by atoms with Gasteiger partial charge in [-0.05, 0) is 38.5 Å². The SMILES string of the molecule is CCC(C)N(CC)C(=O)c1cc(F)ccc1OC. The molecule has 100 valence electrons. The van der Waals surface area contributed by atoms with E-state index in [1.54, 1.807) is 4.90 Å². The van der Waals surface area contributed by atoms with E-state index in [2.05, 4.69) is 0 Å². The summed E-state index contributed by atoms with van der Waals surface area (Å²) in [4.78, 5) is 14.1. The highest BCUT2D eigenvalue weighted by molar-refractivity contribution is 5.97. The van der Waals surface area contributed by atoms with Crippen LogP contribution in [0, 0.1) is 5.82 Å². The lowest BCUT2D eigenvalue weighted by atomic mass is 10.1. The fourth-order valence-electron chi connectivity index (χ4n) is 1.88. The molecule has 0 aliphatic carbocycles. The molecule has 0 aliphatic rings. The lowest BCUT2D eigenvalue weighted by molar-refractivity contribution is 0.0696. The highest BCUT2D eigenvalue weighted by atomic mass is 19.1. The number of rotatable bonds is 5. The van der Waals surface area contributed by atoms with Crippen molar-refractivity contribution in [1.29, 1.82) is 0 Å². The summed E-state index contributed by atoms with van der Waals surface area (Å²) < 4.78 is 18.4. The first kappa shape index (κ1) is 14.5. The van der Waals surface area contributed by atoms with Crippen LogP contribution < -0.4 is 4.74 Å². The van der Waals surface area contributed by atoms with Crippen molar-refractivity contribution in [3.63, 3.8) is 0 Å². The molecule has 1 aromatic carbocycles.